The summed E-state index contributed by atoms with van der Waals surface area (Å²) in [5.41, 5.74) is 6.80. The summed E-state index contributed by atoms with van der Waals surface area (Å²) in [6.45, 7) is 7.05. The molecule has 1 aliphatic carbocycles. The minimum atomic E-state index is -0.000686. The lowest BCUT2D eigenvalue weighted by Crippen LogP contribution is -2.34. The predicted molar refractivity (Wildman–Crippen MR) is 108 cm³/mol. The van der Waals surface area contributed by atoms with Crippen molar-refractivity contribution in [2.75, 3.05) is 0 Å². The van der Waals surface area contributed by atoms with Crippen LogP contribution in [-0.2, 0) is 24.3 Å². The van der Waals surface area contributed by atoms with E-state index < -0.39 is 0 Å². The molecule has 1 amide bonds. The first-order valence-electron chi connectivity index (χ1n) is 9.91. The summed E-state index contributed by atoms with van der Waals surface area (Å²) in [7, 11) is 0. The van der Waals surface area contributed by atoms with E-state index in [9.17, 15) is 4.79 Å². The fourth-order valence-corrected chi connectivity index (χ4v) is 3.98. The van der Waals surface area contributed by atoms with Gasteiger partial charge in [0.05, 0.1) is 24.5 Å². The largest absolute Gasteiger partial charge is 0.348 e. The van der Waals surface area contributed by atoms with E-state index in [0.717, 1.165) is 48.3 Å². The van der Waals surface area contributed by atoms with Crippen LogP contribution < -0.4 is 5.32 Å². The van der Waals surface area contributed by atoms with Crippen molar-refractivity contribution in [1.29, 1.82) is 0 Å². The third-order valence-corrected chi connectivity index (χ3v) is 5.81. The van der Waals surface area contributed by atoms with E-state index >= 15 is 0 Å². The first-order chi connectivity index (χ1) is 13.5. The van der Waals surface area contributed by atoms with Gasteiger partial charge in [-0.1, -0.05) is 30.3 Å². The number of fused-ring (bicyclic) bond motifs is 1. The third-order valence-electron chi connectivity index (χ3n) is 5.81. The van der Waals surface area contributed by atoms with Gasteiger partial charge >= 0.3 is 0 Å². The highest BCUT2D eigenvalue weighted by Gasteiger charge is 2.26. The van der Waals surface area contributed by atoms with Crippen LogP contribution in [0.4, 0.5) is 0 Å². The van der Waals surface area contributed by atoms with Gasteiger partial charge in [0.2, 0.25) is 5.91 Å². The highest BCUT2D eigenvalue weighted by molar-refractivity contribution is 5.76. The number of carbonyl (C=O) groups excluding carboxylic acids is 1. The van der Waals surface area contributed by atoms with E-state index in [1.54, 1.807) is 4.68 Å². The Kier molecular flexibility index (Phi) is 5.03. The Morgan fingerprint density at radius 3 is 2.68 bits per heavy atom. The van der Waals surface area contributed by atoms with Gasteiger partial charge in [0.1, 0.15) is 6.54 Å². The zero-order valence-electron chi connectivity index (χ0n) is 16.8. The maximum atomic E-state index is 12.7. The zero-order valence-corrected chi connectivity index (χ0v) is 16.8. The molecule has 0 aliphatic heterocycles. The first kappa shape index (κ1) is 18.5. The van der Waals surface area contributed by atoms with Crippen LogP contribution in [-0.4, -0.2) is 25.5 Å². The molecule has 2 heterocycles. The van der Waals surface area contributed by atoms with Gasteiger partial charge in [-0.2, -0.15) is 10.2 Å². The van der Waals surface area contributed by atoms with Gasteiger partial charge in [0.15, 0.2) is 0 Å². The van der Waals surface area contributed by atoms with Crippen LogP contribution in [0.3, 0.4) is 0 Å². The average molecular weight is 377 g/mol. The molecule has 146 valence electrons. The van der Waals surface area contributed by atoms with E-state index in [0.29, 0.717) is 0 Å². The number of hydrogen-bond donors (Lipinski definition) is 1. The second-order valence-electron chi connectivity index (χ2n) is 7.66. The number of amides is 1. The van der Waals surface area contributed by atoms with Crippen LogP contribution in [0.2, 0.25) is 0 Å². The number of benzene rings is 1. The van der Waals surface area contributed by atoms with Gasteiger partial charge in [-0.25, -0.2) is 0 Å². The second kappa shape index (κ2) is 7.62. The van der Waals surface area contributed by atoms with Crippen molar-refractivity contribution in [3.63, 3.8) is 0 Å². The second-order valence-corrected chi connectivity index (χ2v) is 7.66. The van der Waals surface area contributed by atoms with Crippen LogP contribution in [0.1, 0.15) is 52.7 Å². The lowest BCUT2D eigenvalue weighted by Gasteiger charge is -2.24. The maximum Gasteiger partial charge on any atom is 0.242 e. The Hall–Kier alpha value is -2.89. The van der Waals surface area contributed by atoms with Crippen LogP contribution >= 0.6 is 0 Å². The summed E-state index contributed by atoms with van der Waals surface area (Å²) in [5.74, 6) is -0.000686. The lowest BCUT2D eigenvalue weighted by molar-refractivity contribution is -0.122. The van der Waals surface area contributed by atoms with Crippen molar-refractivity contribution >= 4 is 5.91 Å². The number of aromatic nitrogens is 4. The van der Waals surface area contributed by atoms with Gasteiger partial charge in [0, 0.05) is 17.0 Å². The van der Waals surface area contributed by atoms with Gasteiger partial charge < -0.3 is 5.32 Å². The van der Waals surface area contributed by atoms with Crippen LogP contribution in [0, 0.1) is 20.8 Å². The number of rotatable bonds is 5. The van der Waals surface area contributed by atoms with E-state index in [1.165, 1.54) is 11.3 Å². The molecule has 2 aromatic heterocycles. The lowest BCUT2D eigenvalue weighted by atomic mass is 9.93. The average Bonchev–Trinajstić information content (AvgIpc) is 3.20. The Bertz CT molecular complexity index is 986. The summed E-state index contributed by atoms with van der Waals surface area (Å²) < 4.78 is 3.87. The molecule has 1 aliphatic rings. The van der Waals surface area contributed by atoms with Crippen molar-refractivity contribution in [2.24, 2.45) is 0 Å². The number of aryl methyl sites for hydroxylation is 1. The minimum Gasteiger partial charge on any atom is -0.348 e. The zero-order chi connectivity index (χ0) is 19.7. The standard InChI is InChI=1S/C22H27N5O/c1-15-16(2)25-26(17(15)3)14-22(28)24-20-10-7-11-21-19(20)12-23-27(21)13-18-8-5-4-6-9-18/h4-6,8-9,12,20H,7,10-11,13-14H2,1-3H3,(H,24,28)/t20-/m1/s1. The van der Waals surface area contributed by atoms with Crippen molar-refractivity contribution in [1.82, 2.24) is 24.9 Å². The molecule has 0 radical (unpaired) electrons. The maximum absolute atomic E-state index is 12.7. The molecule has 0 bridgehead atoms. The summed E-state index contributed by atoms with van der Waals surface area (Å²) in [6.07, 6.45) is 4.93. The summed E-state index contributed by atoms with van der Waals surface area (Å²) >= 11 is 0. The minimum absolute atomic E-state index is 0.000686. The number of nitrogens with one attached hydrogen (secondary N) is 1. The molecule has 3 aromatic rings. The van der Waals surface area contributed by atoms with Crippen LogP contribution in [0.25, 0.3) is 0 Å². The number of hydrogen-bond acceptors (Lipinski definition) is 3. The fraction of sp³-hybridized carbons (Fsp3) is 0.409. The monoisotopic (exact) mass is 377 g/mol. The van der Waals surface area contributed by atoms with E-state index in [4.69, 9.17) is 0 Å². The molecular weight excluding hydrogens is 350 g/mol. The smallest absolute Gasteiger partial charge is 0.242 e. The van der Waals surface area contributed by atoms with E-state index in [-0.39, 0.29) is 18.5 Å². The normalized spacial score (nSPS) is 16.0. The molecule has 0 saturated carbocycles. The molecule has 0 saturated heterocycles. The molecule has 28 heavy (non-hydrogen) atoms. The number of carbonyl (C=O) groups is 1. The topological polar surface area (TPSA) is 64.7 Å². The summed E-state index contributed by atoms with van der Waals surface area (Å²) in [6, 6.07) is 10.4. The first-order valence-corrected chi connectivity index (χ1v) is 9.91. The van der Waals surface area contributed by atoms with Gasteiger partial charge in [-0.05, 0) is 51.2 Å². The Labute approximate surface area is 165 Å². The molecule has 6 heteroatoms. The molecular formula is C22H27N5O. The van der Waals surface area contributed by atoms with Gasteiger partial charge in [-0.15, -0.1) is 0 Å². The Morgan fingerprint density at radius 2 is 1.96 bits per heavy atom. The SMILES string of the molecule is Cc1nn(CC(=O)N[C@@H]2CCCc3c2cnn3Cc2ccccc2)c(C)c1C. The third kappa shape index (κ3) is 3.59. The molecule has 0 unspecified atom stereocenters. The van der Waals surface area contributed by atoms with Crippen LogP contribution in [0.15, 0.2) is 36.5 Å². The number of nitrogens with zero attached hydrogens (tertiary/aromatic N) is 4. The molecule has 6 nitrogen and oxygen atoms in total. The fourth-order valence-electron chi connectivity index (χ4n) is 3.98. The Balaban J connectivity index is 1.47. The highest BCUT2D eigenvalue weighted by atomic mass is 16.2. The molecule has 1 N–H and O–H groups in total. The molecule has 1 aromatic carbocycles. The summed E-state index contributed by atoms with van der Waals surface area (Å²) in [5, 5.41) is 12.3. The quantitative estimate of drug-likeness (QED) is 0.742. The van der Waals surface area contributed by atoms with Crippen molar-refractivity contribution in [3.05, 3.63) is 70.3 Å². The molecule has 0 spiro atoms. The molecule has 0 fully saturated rings. The van der Waals surface area contributed by atoms with Crippen molar-refractivity contribution in [2.45, 2.75) is 59.2 Å². The summed E-state index contributed by atoms with van der Waals surface area (Å²) in [4.78, 5) is 12.7. The van der Waals surface area contributed by atoms with Gasteiger partial charge in [0.25, 0.3) is 0 Å². The molecule has 4 rings (SSSR count). The van der Waals surface area contributed by atoms with E-state index in [1.807, 2.05) is 33.0 Å². The van der Waals surface area contributed by atoms with Crippen LogP contribution in [0.5, 0.6) is 0 Å². The highest BCUT2D eigenvalue weighted by Crippen LogP contribution is 2.30. The van der Waals surface area contributed by atoms with E-state index in [2.05, 4.69) is 44.5 Å². The Morgan fingerprint density at radius 1 is 1.18 bits per heavy atom. The molecule has 1 atom stereocenters. The van der Waals surface area contributed by atoms with Crippen molar-refractivity contribution in [3.8, 4) is 0 Å². The van der Waals surface area contributed by atoms with Crippen molar-refractivity contribution < 1.29 is 4.79 Å². The van der Waals surface area contributed by atoms with Gasteiger partial charge in [-0.3, -0.25) is 14.2 Å². The predicted octanol–water partition coefficient (Wildman–Crippen LogP) is 3.25.